The van der Waals surface area contributed by atoms with Crippen LogP contribution in [-0.2, 0) is 40.5 Å². The number of hydrogen-bond donors (Lipinski definition) is 7. The van der Waals surface area contributed by atoms with Crippen LogP contribution in [0.15, 0.2) is 160 Å². The van der Waals surface area contributed by atoms with E-state index in [4.69, 9.17) is 0 Å². The molecule has 0 atom stereocenters. The van der Waals surface area contributed by atoms with E-state index >= 15 is 0 Å². The van der Waals surface area contributed by atoms with Crippen molar-refractivity contribution < 1.29 is 51.9 Å². The van der Waals surface area contributed by atoms with Gasteiger partial charge in [-0.25, -0.2) is 9.97 Å². The molecule has 69 heavy (non-hydrogen) atoms. The Morgan fingerprint density at radius 3 is 1.75 bits per heavy atom. The molecule has 0 unspecified atom stereocenters. The molecule has 0 bridgehead atoms. The third-order valence-electron chi connectivity index (χ3n) is 9.99. The van der Waals surface area contributed by atoms with Crippen molar-refractivity contribution in [2.45, 2.75) is 31.4 Å². The highest BCUT2D eigenvalue weighted by atomic mass is 32.2. The Morgan fingerprint density at radius 1 is 0.609 bits per heavy atom. The first-order valence-corrected chi connectivity index (χ1v) is 26.2. The Kier molecular flexibility index (Phi) is 12.9. The zero-order valence-electron chi connectivity index (χ0n) is 34.6. The molecule has 6 aromatic carbocycles. The van der Waals surface area contributed by atoms with Crippen LogP contribution in [0.3, 0.4) is 0 Å². The second kappa shape index (κ2) is 18.4. The van der Waals surface area contributed by atoms with Crippen molar-refractivity contribution >= 4 is 131 Å². The van der Waals surface area contributed by atoms with Gasteiger partial charge in [-0.15, -0.1) is 33.1 Å². The second-order valence-corrected chi connectivity index (χ2v) is 21.7. The van der Waals surface area contributed by atoms with Crippen molar-refractivity contribution in [1.29, 1.82) is 5.26 Å². The van der Waals surface area contributed by atoms with Gasteiger partial charge < -0.3 is 10.6 Å². The Labute approximate surface area is 401 Å². The standard InChI is InChI=1S/C42H29N9O12S6/c1-22-34(21-43)39(44-26-8-12-30(13-9-26)66(52,53)54)47-40(45-27-10-14-31(15-11-27)67(55,56)57)37(22)49-51-42-46-38(25-7-6-23-4-2-3-5-24(23)16-25)41(65-42)50-48-28-17-32-33(35(18-28)68(58,59)60)19-29(64)20-36(32)69(61,62)63/h2-20,64H,1H3,(H2,44,45,47)(H,52,53,54)(H,55,56,57)(H,58,59,60)(H,61,62,63). The number of hydrogen-bond acceptors (Lipinski definition) is 19. The van der Waals surface area contributed by atoms with Crippen molar-refractivity contribution in [2.75, 3.05) is 10.6 Å². The number of pyridine rings is 1. The second-order valence-electron chi connectivity index (χ2n) is 14.6. The molecule has 8 rings (SSSR count). The lowest BCUT2D eigenvalue weighted by Crippen LogP contribution is -2.05. The van der Waals surface area contributed by atoms with E-state index in [0.717, 1.165) is 64.6 Å². The van der Waals surface area contributed by atoms with Gasteiger partial charge in [0.25, 0.3) is 40.5 Å². The largest absolute Gasteiger partial charge is 0.339 e. The lowest BCUT2D eigenvalue weighted by molar-refractivity contribution is 0.481. The summed E-state index contributed by atoms with van der Waals surface area (Å²) < 4.78 is 136. The highest BCUT2D eigenvalue weighted by molar-refractivity contribution is 7.87. The number of thiol groups is 1. The summed E-state index contributed by atoms with van der Waals surface area (Å²) in [6.45, 7) is 1.53. The van der Waals surface area contributed by atoms with Gasteiger partial charge in [0.2, 0.25) is 5.13 Å². The van der Waals surface area contributed by atoms with Crippen LogP contribution in [0.5, 0.6) is 0 Å². The molecular formula is C42H29N9O12S6. The van der Waals surface area contributed by atoms with E-state index in [2.05, 4.69) is 59.8 Å². The van der Waals surface area contributed by atoms with E-state index in [1.165, 1.54) is 37.3 Å². The van der Waals surface area contributed by atoms with E-state index in [0.29, 0.717) is 5.56 Å². The zero-order valence-corrected chi connectivity index (χ0v) is 39.6. The number of benzene rings is 6. The molecule has 0 aliphatic heterocycles. The molecule has 0 amide bonds. The minimum Gasteiger partial charge on any atom is -0.339 e. The fourth-order valence-electron chi connectivity index (χ4n) is 6.81. The number of thiazole rings is 1. The summed E-state index contributed by atoms with van der Waals surface area (Å²) in [5.41, 5.74) is 1.13. The highest BCUT2D eigenvalue weighted by Crippen LogP contribution is 2.44. The summed E-state index contributed by atoms with van der Waals surface area (Å²) in [6.07, 6.45) is 0. The normalized spacial score (nSPS) is 12.5. The van der Waals surface area contributed by atoms with E-state index in [1.54, 1.807) is 6.07 Å². The number of aromatic nitrogens is 2. The molecule has 27 heteroatoms. The number of nitrogens with zero attached hydrogens (tertiary/aromatic N) is 7. The smallest absolute Gasteiger partial charge is 0.295 e. The minimum absolute atomic E-state index is 0.0174. The fraction of sp³-hybridized carbons (Fsp3) is 0.0238. The van der Waals surface area contributed by atoms with Crippen molar-refractivity contribution in [3.63, 3.8) is 0 Å². The van der Waals surface area contributed by atoms with Gasteiger partial charge in [0, 0.05) is 38.2 Å². The minimum atomic E-state index is -5.03. The summed E-state index contributed by atoms with van der Waals surface area (Å²) >= 11 is 4.98. The van der Waals surface area contributed by atoms with E-state index in [9.17, 15) is 57.1 Å². The SMILES string of the molecule is Cc1c(C#N)c(Nc2ccc(S(=O)(=O)O)cc2)nc(Nc2ccc(S(=O)(=O)O)cc2)c1N=Nc1nc(-c2ccc3ccccc3c2)c(N=Nc2cc(S(=O)(=O)O)c3cc(S)cc(S(=O)(=O)O)c3c2)s1. The van der Waals surface area contributed by atoms with Gasteiger partial charge in [0.05, 0.1) is 21.0 Å². The van der Waals surface area contributed by atoms with Gasteiger partial charge >= 0.3 is 0 Å². The van der Waals surface area contributed by atoms with Gasteiger partial charge in [-0.2, -0.15) is 38.9 Å². The molecule has 0 radical (unpaired) electrons. The first-order valence-electron chi connectivity index (χ1n) is 19.2. The van der Waals surface area contributed by atoms with Gasteiger partial charge in [0.1, 0.15) is 27.2 Å². The van der Waals surface area contributed by atoms with Crippen molar-refractivity contribution in [3.05, 3.63) is 126 Å². The van der Waals surface area contributed by atoms with Crippen LogP contribution in [0.2, 0.25) is 0 Å². The molecule has 0 aliphatic carbocycles. The summed E-state index contributed by atoms with van der Waals surface area (Å²) in [5.74, 6) is -0.0832. The first kappa shape index (κ1) is 48.4. The molecule has 350 valence electrons. The topological polar surface area (TPSA) is 341 Å². The predicted molar refractivity (Wildman–Crippen MR) is 257 cm³/mol. The van der Waals surface area contributed by atoms with Crippen molar-refractivity contribution in [2.24, 2.45) is 20.5 Å². The Hall–Kier alpha value is -7.10. The Bertz CT molecular complexity index is 4000. The quantitative estimate of drug-likeness (QED) is 0.0320. The highest BCUT2D eigenvalue weighted by Gasteiger charge is 2.24. The third-order valence-corrected chi connectivity index (χ3v) is 14.6. The number of rotatable bonds is 13. The lowest BCUT2D eigenvalue weighted by Gasteiger charge is -2.16. The van der Waals surface area contributed by atoms with Crippen LogP contribution < -0.4 is 10.6 Å². The average molecular weight is 1040 g/mol. The van der Waals surface area contributed by atoms with Gasteiger partial charge in [-0.05, 0) is 96.6 Å². The number of fused-ring (bicyclic) bond motifs is 2. The zero-order chi connectivity index (χ0) is 49.6. The number of nitriles is 1. The van der Waals surface area contributed by atoms with Crippen LogP contribution in [-0.4, -0.2) is 61.9 Å². The summed E-state index contributed by atoms with van der Waals surface area (Å²) in [7, 11) is -19.1. The monoisotopic (exact) mass is 1040 g/mol. The Balaban J connectivity index is 1.26. The fourth-order valence-corrected chi connectivity index (χ4v) is 10.3. The van der Waals surface area contributed by atoms with Crippen LogP contribution in [0, 0.1) is 18.3 Å². The van der Waals surface area contributed by atoms with Crippen LogP contribution in [0.1, 0.15) is 11.1 Å². The molecule has 0 fully saturated rings. The maximum atomic E-state index is 12.6. The molecule has 0 saturated carbocycles. The van der Waals surface area contributed by atoms with Gasteiger partial charge in [-0.1, -0.05) is 47.7 Å². The number of anilines is 4. The van der Waals surface area contributed by atoms with E-state index < -0.39 is 55.2 Å². The van der Waals surface area contributed by atoms with E-state index in [1.807, 2.05) is 36.4 Å². The van der Waals surface area contributed by atoms with Gasteiger partial charge in [0.15, 0.2) is 16.6 Å². The summed E-state index contributed by atoms with van der Waals surface area (Å²) in [5, 5.41) is 34.8. The molecular weight excluding hydrogens is 1010 g/mol. The van der Waals surface area contributed by atoms with Crippen molar-refractivity contribution in [1.82, 2.24) is 9.97 Å². The molecule has 2 aromatic heterocycles. The van der Waals surface area contributed by atoms with Crippen molar-refractivity contribution in [3.8, 4) is 17.3 Å². The number of nitrogens with one attached hydrogen (secondary N) is 2. The average Bonchev–Trinajstić information content (AvgIpc) is 3.69. The first-order chi connectivity index (χ1) is 32.5. The molecule has 0 spiro atoms. The molecule has 0 aliphatic rings. The molecule has 0 saturated heterocycles. The van der Waals surface area contributed by atoms with Crippen LogP contribution in [0.4, 0.5) is 44.5 Å². The number of azo groups is 2. The predicted octanol–water partition coefficient (Wildman–Crippen LogP) is 10.3. The lowest BCUT2D eigenvalue weighted by atomic mass is 10.1. The molecule has 2 heterocycles. The summed E-state index contributed by atoms with van der Waals surface area (Å²) in [4.78, 5) is 6.98. The van der Waals surface area contributed by atoms with Crippen LogP contribution >= 0.6 is 24.0 Å². The third kappa shape index (κ3) is 10.6. The molecule has 6 N–H and O–H groups in total. The van der Waals surface area contributed by atoms with Crippen LogP contribution in [0.25, 0.3) is 32.8 Å². The Morgan fingerprint density at radius 2 is 1.17 bits per heavy atom. The van der Waals surface area contributed by atoms with E-state index in [-0.39, 0.29) is 81.9 Å². The van der Waals surface area contributed by atoms with Gasteiger partial charge in [-0.3, -0.25) is 18.2 Å². The summed E-state index contributed by atoms with van der Waals surface area (Å²) in [6, 6.07) is 29.0. The molecule has 8 aromatic rings. The maximum absolute atomic E-state index is 12.6. The molecule has 21 nitrogen and oxygen atoms in total. The maximum Gasteiger partial charge on any atom is 0.295 e.